The lowest BCUT2D eigenvalue weighted by molar-refractivity contribution is 0.828. The van der Waals surface area contributed by atoms with Gasteiger partial charge in [0.15, 0.2) is 11.5 Å². The first-order chi connectivity index (χ1) is 9.90. The summed E-state index contributed by atoms with van der Waals surface area (Å²) < 4.78 is 1.71. The monoisotopic (exact) mass is 260 g/mol. The molecule has 2 aromatic carbocycles. The third kappa shape index (κ3) is 1.78. The zero-order valence-corrected chi connectivity index (χ0v) is 10.7. The van der Waals surface area contributed by atoms with Gasteiger partial charge in [0, 0.05) is 11.6 Å². The van der Waals surface area contributed by atoms with Crippen molar-refractivity contribution in [1.29, 1.82) is 0 Å². The van der Waals surface area contributed by atoms with Crippen molar-refractivity contribution in [2.45, 2.75) is 0 Å². The van der Waals surface area contributed by atoms with Gasteiger partial charge in [-0.25, -0.2) is 4.98 Å². The number of rotatable bonds is 2. The van der Waals surface area contributed by atoms with E-state index in [-0.39, 0.29) is 0 Å². The van der Waals surface area contributed by atoms with Gasteiger partial charge in [-0.1, -0.05) is 60.7 Å². The van der Waals surface area contributed by atoms with Gasteiger partial charge in [0.2, 0.25) is 0 Å². The van der Waals surface area contributed by atoms with E-state index in [1.165, 1.54) is 0 Å². The average molecular weight is 260 g/mol. The summed E-state index contributed by atoms with van der Waals surface area (Å²) in [7, 11) is 0. The topological polar surface area (TPSA) is 46.0 Å². The molecule has 20 heavy (non-hydrogen) atoms. The Balaban J connectivity index is 1.78. The fourth-order valence-electron chi connectivity index (χ4n) is 2.25. The number of nitrogens with zero attached hydrogens (tertiary/aromatic N) is 3. The van der Waals surface area contributed by atoms with Crippen LogP contribution >= 0.6 is 0 Å². The molecule has 0 aliphatic heterocycles. The standard InChI is InChI=1S/C16H12N4/c1-3-7-12(8-4-1)14-11-15-17-16(19-20(15)18-14)13-9-5-2-6-10-13/h1-11,18H. The molecule has 0 fully saturated rings. The van der Waals surface area contributed by atoms with E-state index in [0.717, 1.165) is 28.3 Å². The second-order valence-corrected chi connectivity index (χ2v) is 4.61. The largest absolute Gasteiger partial charge is 0.276 e. The van der Waals surface area contributed by atoms with Crippen molar-refractivity contribution in [3.63, 3.8) is 0 Å². The summed E-state index contributed by atoms with van der Waals surface area (Å²) in [6.07, 6.45) is 0. The van der Waals surface area contributed by atoms with Crippen LogP contribution in [0, 0.1) is 0 Å². The van der Waals surface area contributed by atoms with Gasteiger partial charge in [-0.3, -0.25) is 5.10 Å². The maximum atomic E-state index is 4.55. The van der Waals surface area contributed by atoms with Crippen molar-refractivity contribution in [3.8, 4) is 22.6 Å². The van der Waals surface area contributed by atoms with Crippen molar-refractivity contribution in [2.75, 3.05) is 0 Å². The van der Waals surface area contributed by atoms with Crippen LogP contribution < -0.4 is 0 Å². The van der Waals surface area contributed by atoms with E-state index >= 15 is 0 Å². The van der Waals surface area contributed by atoms with E-state index in [0.29, 0.717) is 0 Å². The van der Waals surface area contributed by atoms with Crippen LogP contribution in [0.1, 0.15) is 0 Å². The first-order valence-corrected chi connectivity index (χ1v) is 6.47. The molecule has 4 rings (SSSR count). The summed E-state index contributed by atoms with van der Waals surface area (Å²) in [4.78, 5) is 4.55. The molecular weight excluding hydrogens is 248 g/mol. The summed E-state index contributed by atoms with van der Waals surface area (Å²) in [6.45, 7) is 0. The molecule has 0 aliphatic rings. The summed E-state index contributed by atoms with van der Waals surface area (Å²) in [6, 6.07) is 22.1. The fraction of sp³-hybridized carbons (Fsp3) is 0. The van der Waals surface area contributed by atoms with Crippen molar-refractivity contribution in [2.24, 2.45) is 0 Å². The Kier molecular flexibility index (Phi) is 2.39. The van der Waals surface area contributed by atoms with Crippen molar-refractivity contribution < 1.29 is 0 Å². The smallest absolute Gasteiger partial charge is 0.183 e. The predicted molar refractivity (Wildman–Crippen MR) is 78.2 cm³/mol. The normalized spacial score (nSPS) is 11.0. The van der Waals surface area contributed by atoms with Crippen LogP contribution in [-0.2, 0) is 0 Å². The lowest BCUT2D eigenvalue weighted by atomic mass is 10.2. The molecule has 0 atom stereocenters. The Hall–Kier alpha value is -2.88. The first kappa shape index (κ1) is 11.0. The summed E-state index contributed by atoms with van der Waals surface area (Å²) in [5, 5.41) is 7.72. The highest BCUT2D eigenvalue weighted by Gasteiger charge is 2.09. The van der Waals surface area contributed by atoms with Crippen molar-refractivity contribution in [1.82, 2.24) is 19.8 Å². The van der Waals surface area contributed by atoms with E-state index in [9.17, 15) is 0 Å². The van der Waals surface area contributed by atoms with Gasteiger partial charge < -0.3 is 0 Å². The Labute approximate surface area is 115 Å². The molecule has 1 N–H and O–H groups in total. The van der Waals surface area contributed by atoms with Crippen LogP contribution in [0.4, 0.5) is 0 Å². The zero-order valence-electron chi connectivity index (χ0n) is 10.7. The van der Waals surface area contributed by atoms with E-state index < -0.39 is 0 Å². The molecule has 0 spiro atoms. The van der Waals surface area contributed by atoms with E-state index in [2.05, 4.69) is 27.3 Å². The van der Waals surface area contributed by atoms with E-state index in [1.54, 1.807) is 4.63 Å². The number of nitrogens with one attached hydrogen (secondary N) is 1. The number of fused-ring (bicyclic) bond motifs is 1. The Morgan fingerprint density at radius 3 is 2.10 bits per heavy atom. The maximum absolute atomic E-state index is 4.55. The van der Waals surface area contributed by atoms with Gasteiger partial charge in [0.1, 0.15) is 0 Å². The third-order valence-corrected chi connectivity index (χ3v) is 3.25. The Bertz CT molecular complexity index is 743. The molecular formula is C16H12N4. The minimum atomic E-state index is 0.733. The van der Waals surface area contributed by atoms with Crippen LogP contribution in [-0.4, -0.2) is 19.8 Å². The second kappa shape index (κ2) is 4.35. The predicted octanol–water partition coefficient (Wildman–Crippen LogP) is 3.39. The maximum Gasteiger partial charge on any atom is 0.183 e. The molecule has 0 radical (unpaired) electrons. The highest BCUT2D eigenvalue weighted by molar-refractivity contribution is 5.65. The molecule has 0 saturated heterocycles. The van der Waals surface area contributed by atoms with Crippen molar-refractivity contribution >= 4 is 5.65 Å². The minimum Gasteiger partial charge on any atom is -0.276 e. The second-order valence-electron chi connectivity index (χ2n) is 4.61. The summed E-state index contributed by atoms with van der Waals surface area (Å²) in [5.41, 5.74) is 3.98. The molecule has 0 unspecified atom stereocenters. The number of H-pyrrole nitrogens is 1. The Morgan fingerprint density at radius 2 is 1.45 bits per heavy atom. The third-order valence-electron chi connectivity index (χ3n) is 3.25. The quantitative estimate of drug-likeness (QED) is 0.600. The van der Waals surface area contributed by atoms with Crippen LogP contribution in [0.2, 0.25) is 0 Å². The molecule has 0 saturated carbocycles. The molecule has 2 aromatic heterocycles. The number of hydrogen-bond donors (Lipinski definition) is 1. The average Bonchev–Trinajstić information content (AvgIpc) is 3.08. The molecule has 0 aliphatic carbocycles. The number of benzene rings is 2. The van der Waals surface area contributed by atoms with Gasteiger partial charge >= 0.3 is 0 Å². The number of aromatic amines is 1. The molecule has 2 heterocycles. The van der Waals surface area contributed by atoms with Gasteiger partial charge in [-0.15, -0.1) is 5.10 Å². The van der Waals surface area contributed by atoms with Crippen LogP contribution in [0.3, 0.4) is 0 Å². The minimum absolute atomic E-state index is 0.733. The summed E-state index contributed by atoms with van der Waals surface area (Å²) >= 11 is 0. The van der Waals surface area contributed by atoms with Gasteiger partial charge in [-0.2, -0.15) is 4.63 Å². The molecule has 0 bridgehead atoms. The summed E-state index contributed by atoms with van der Waals surface area (Å²) in [5.74, 6) is 0.733. The lowest BCUT2D eigenvalue weighted by Gasteiger charge is -1.95. The SMILES string of the molecule is c1ccc(-c2nc3cc(-c4ccccc4)[nH]n3n2)cc1. The molecule has 4 heteroatoms. The van der Waals surface area contributed by atoms with Crippen LogP contribution in [0.5, 0.6) is 0 Å². The highest BCUT2D eigenvalue weighted by Crippen LogP contribution is 2.21. The van der Waals surface area contributed by atoms with E-state index in [1.807, 2.05) is 54.6 Å². The fourth-order valence-corrected chi connectivity index (χ4v) is 2.25. The molecule has 0 amide bonds. The van der Waals surface area contributed by atoms with Crippen molar-refractivity contribution in [3.05, 3.63) is 66.7 Å². The number of aromatic nitrogens is 4. The molecule has 4 nitrogen and oxygen atoms in total. The van der Waals surface area contributed by atoms with Gasteiger partial charge in [0.05, 0.1) is 5.69 Å². The van der Waals surface area contributed by atoms with Gasteiger partial charge in [-0.05, 0) is 5.56 Å². The molecule has 4 aromatic rings. The zero-order chi connectivity index (χ0) is 13.4. The molecule has 96 valence electrons. The number of hydrogen-bond acceptors (Lipinski definition) is 2. The van der Waals surface area contributed by atoms with Crippen LogP contribution in [0.25, 0.3) is 28.3 Å². The Morgan fingerprint density at radius 1 is 0.800 bits per heavy atom. The first-order valence-electron chi connectivity index (χ1n) is 6.47. The van der Waals surface area contributed by atoms with E-state index in [4.69, 9.17) is 0 Å². The lowest BCUT2D eigenvalue weighted by Crippen LogP contribution is -1.88. The van der Waals surface area contributed by atoms with Gasteiger partial charge in [0.25, 0.3) is 0 Å². The highest BCUT2D eigenvalue weighted by atomic mass is 15.5. The van der Waals surface area contributed by atoms with Crippen LogP contribution in [0.15, 0.2) is 66.7 Å².